The normalized spacial score (nSPS) is 15.0. The molecular weight excluding hydrogens is 398 g/mol. The number of methoxy groups -OCH3 is 1. The van der Waals surface area contributed by atoms with Crippen LogP contribution in [0.25, 0.3) is 6.08 Å². The van der Waals surface area contributed by atoms with Gasteiger partial charge < -0.3 is 9.47 Å². The Morgan fingerprint density at radius 3 is 2.53 bits per heavy atom. The van der Waals surface area contributed by atoms with Crippen molar-refractivity contribution in [3.05, 3.63) is 76.2 Å². The van der Waals surface area contributed by atoms with Gasteiger partial charge in [0.25, 0.3) is 11.1 Å². The maximum absolute atomic E-state index is 12.9. The highest BCUT2D eigenvalue weighted by molar-refractivity contribution is 8.18. The fourth-order valence-corrected chi connectivity index (χ4v) is 4.07. The molecule has 0 aromatic heterocycles. The highest BCUT2D eigenvalue weighted by Gasteiger charge is 2.35. The number of nitrogens with zero attached hydrogens (tertiary/aromatic N) is 1. The molecular formula is C24H25NO4S. The van der Waals surface area contributed by atoms with Crippen LogP contribution in [0.3, 0.4) is 0 Å². The molecule has 0 N–H and O–H groups in total. The van der Waals surface area contributed by atoms with Gasteiger partial charge in [-0.25, -0.2) is 0 Å². The van der Waals surface area contributed by atoms with Crippen molar-refractivity contribution in [2.75, 3.05) is 13.7 Å². The zero-order valence-electron chi connectivity index (χ0n) is 17.4. The zero-order valence-corrected chi connectivity index (χ0v) is 18.3. The third kappa shape index (κ3) is 4.76. The molecule has 5 nitrogen and oxygen atoms in total. The SMILES string of the molecule is C=CCc1cc(/C=C2/SC(=O)N(Cc3ccc(C)cc3)C2=O)cc(OCC)c1OC. The molecule has 1 aliphatic heterocycles. The maximum Gasteiger partial charge on any atom is 0.293 e. The minimum Gasteiger partial charge on any atom is -0.493 e. The molecule has 1 aliphatic rings. The number of rotatable bonds is 8. The smallest absolute Gasteiger partial charge is 0.293 e. The number of aryl methyl sites for hydroxylation is 1. The number of benzene rings is 2. The molecule has 2 aromatic carbocycles. The molecule has 0 spiro atoms. The van der Waals surface area contributed by atoms with Gasteiger partial charge in [0.15, 0.2) is 11.5 Å². The lowest BCUT2D eigenvalue weighted by Crippen LogP contribution is -2.27. The van der Waals surface area contributed by atoms with E-state index in [9.17, 15) is 9.59 Å². The Balaban J connectivity index is 1.90. The quantitative estimate of drug-likeness (QED) is 0.422. The number of carbonyl (C=O) groups is 2. The molecule has 1 fully saturated rings. The van der Waals surface area contributed by atoms with Crippen molar-refractivity contribution >= 4 is 29.0 Å². The van der Waals surface area contributed by atoms with Crippen molar-refractivity contribution < 1.29 is 19.1 Å². The van der Waals surface area contributed by atoms with Crippen molar-refractivity contribution in [1.82, 2.24) is 4.90 Å². The predicted molar refractivity (Wildman–Crippen MR) is 121 cm³/mol. The highest BCUT2D eigenvalue weighted by Crippen LogP contribution is 2.37. The molecule has 30 heavy (non-hydrogen) atoms. The predicted octanol–water partition coefficient (Wildman–Crippen LogP) is 5.37. The number of allylic oxidation sites excluding steroid dienone is 1. The molecule has 6 heteroatoms. The number of imide groups is 1. The van der Waals surface area contributed by atoms with Gasteiger partial charge in [-0.05, 0) is 61.4 Å². The average Bonchev–Trinajstić information content (AvgIpc) is 2.97. The van der Waals surface area contributed by atoms with Crippen LogP contribution in [0.2, 0.25) is 0 Å². The minimum atomic E-state index is -0.287. The van der Waals surface area contributed by atoms with E-state index in [1.165, 1.54) is 4.90 Å². The van der Waals surface area contributed by atoms with Crippen LogP contribution in [0.1, 0.15) is 29.2 Å². The second-order valence-electron chi connectivity index (χ2n) is 6.89. The van der Waals surface area contributed by atoms with E-state index < -0.39 is 0 Å². The van der Waals surface area contributed by atoms with Gasteiger partial charge in [-0.15, -0.1) is 6.58 Å². The molecule has 0 unspecified atom stereocenters. The summed E-state index contributed by atoms with van der Waals surface area (Å²) in [6.07, 6.45) is 4.11. The lowest BCUT2D eigenvalue weighted by atomic mass is 10.0. The van der Waals surface area contributed by atoms with Gasteiger partial charge in [-0.1, -0.05) is 35.9 Å². The molecule has 0 bridgehead atoms. The van der Waals surface area contributed by atoms with Gasteiger partial charge in [-0.2, -0.15) is 0 Å². The Morgan fingerprint density at radius 1 is 1.17 bits per heavy atom. The van der Waals surface area contributed by atoms with Gasteiger partial charge >= 0.3 is 0 Å². The standard InChI is InChI=1S/C24H25NO4S/c1-5-7-19-12-18(13-20(29-6-2)22(19)28-4)14-21-23(26)25(24(27)30-21)15-17-10-8-16(3)9-11-17/h5,8-14H,1,6-7,15H2,2-4H3/b21-14+. The van der Waals surface area contributed by atoms with Crippen LogP contribution in [0.15, 0.2) is 54.0 Å². The lowest BCUT2D eigenvalue weighted by Gasteiger charge is -2.14. The van der Waals surface area contributed by atoms with Gasteiger partial charge in [0, 0.05) is 5.56 Å². The van der Waals surface area contributed by atoms with Crippen molar-refractivity contribution in [3.8, 4) is 11.5 Å². The zero-order chi connectivity index (χ0) is 21.7. The molecule has 1 heterocycles. The summed E-state index contributed by atoms with van der Waals surface area (Å²) in [5.41, 5.74) is 3.73. The second-order valence-corrected chi connectivity index (χ2v) is 7.88. The van der Waals surface area contributed by atoms with E-state index in [0.717, 1.165) is 34.0 Å². The fraction of sp³-hybridized carbons (Fsp3) is 0.250. The number of thioether (sulfide) groups is 1. The minimum absolute atomic E-state index is 0.261. The number of hydrogen-bond donors (Lipinski definition) is 0. The number of ether oxygens (including phenoxy) is 2. The Labute approximate surface area is 181 Å². The number of amides is 2. The number of carbonyl (C=O) groups excluding carboxylic acids is 2. The van der Waals surface area contributed by atoms with E-state index in [1.54, 1.807) is 19.3 Å². The summed E-state index contributed by atoms with van der Waals surface area (Å²) in [4.78, 5) is 27.0. The van der Waals surface area contributed by atoms with E-state index in [2.05, 4.69) is 6.58 Å². The summed E-state index contributed by atoms with van der Waals surface area (Å²) in [6, 6.07) is 11.6. The van der Waals surface area contributed by atoms with Crippen molar-refractivity contribution in [1.29, 1.82) is 0 Å². The van der Waals surface area contributed by atoms with Crippen molar-refractivity contribution in [2.45, 2.75) is 26.8 Å². The summed E-state index contributed by atoms with van der Waals surface area (Å²) >= 11 is 0.954. The summed E-state index contributed by atoms with van der Waals surface area (Å²) in [5, 5.41) is -0.267. The van der Waals surface area contributed by atoms with Crippen molar-refractivity contribution in [2.24, 2.45) is 0 Å². The Kier molecular flexibility index (Phi) is 7.00. The first-order valence-electron chi connectivity index (χ1n) is 9.72. The second kappa shape index (κ2) is 9.67. The molecule has 0 aliphatic carbocycles. The van der Waals surface area contributed by atoms with Crippen LogP contribution in [-0.2, 0) is 17.8 Å². The van der Waals surface area contributed by atoms with Crippen LogP contribution in [0.4, 0.5) is 4.79 Å². The summed E-state index contributed by atoms with van der Waals surface area (Å²) in [7, 11) is 1.60. The largest absolute Gasteiger partial charge is 0.493 e. The summed E-state index contributed by atoms with van der Waals surface area (Å²) in [5.74, 6) is 0.968. The van der Waals surface area contributed by atoms with E-state index >= 15 is 0 Å². The Morgan fingerprint density at radius 2 is 1.90 bits per heavy atom. The first-order valence-corrected chi connectivity index (χ1v) is 10.5. The number of hydrogen-bond acceptors (Lipinski definition) is 5. The van der Waals surface area contributed by atoms with Crippen LogP contribution >= 0.6 is 11.8 Å². The van der Waals surface area contributed by atoms with Gasteiger partial charge in [0.05, 0.1) is 25.2 Å². The van der Waals surface area contributed by atoms with Crippen LogP contribution < -0.4 is 9.47 Å². The first-order chi connectivity index (χ1) is 14.5. The van der Waals surface area contributed by atoms with E-state index in [0.29, 0.717) is 29.4 Å². The molecule has 0 radical (unpaired) electrons. The van der Waals surface area contributed by atoms with E-state index in [-0.39, 0.29) is 17.7 Å². The molecule has 0 saturated carbocycles. The monoisotopic (exact) mass is 423 g/mol. The fourth-order valence-electron chi connectivity index (χ4n) is 3.23. The summed E-state index contributed by atoms with van der Waals surface area (Å²) in [6.45, 7) is 8.44. The highest BCUT2D eigenvalue weighted by atomic mass is 32.2. The van der Waals surface area contributed by atoms with Gasteiger partial charge in [-0.3, -0.25) is 14.5 Å². The summed E-state index contributed by atoms with van der Waals surface area (Å²) < 4.78 is 11.2. The molecule has 2 aromatic rings. The topological polar surface area (TPSA) is 55.8 Å². The van der Waals surface area contributed by atoms with Crippen LogP contribution in [0.5, 0.6) is 11.5 Å². The molecule has 1 saturated heterocycles. The maximum atomic E-state index is 12.9. The average molecular weight is 424 g/mol. The van der Waals surface area contributed by atoms with Gasteiger partial charge in [0.2, 0.25) is 0 Å². The molecule has 3 rings (SSSR count). The lowest BCUT2D eigenvalue weighted by molar-refractivity contribution is -0.123. The third-order valence-electron chi connectivity index (χ3n) is 4.65. The van der Waals surface area contributed by atoms with Crippen LogP contribution in [-0.4, -0.2) is 29.8 Å². The van der Waals surface area contributed by atoms with Crippen LogP contribution in [0, 0.1) is 6.92 Å². The van der Waals surface area contributed by atoms with E-state index in [4.69, 9.17) is 9.47 Å². The first kappa shape index (κ1) is 21.7. The Bertz CT molecular complexity index is 995. The molecule has 2 amide bonds. The third-order valence-corrected chi connectivity index (χ3v) is 5.56. The van der Waals surface area contributed by atoms with Gasteiger partial charge in [0.1, 0.15) is 0 Å². The Hall–Kier alpha value is -2.99. The molecule has 156 valence electrons. The molecule has 0 atom stereocenters. The van der Waals surface area contributed by atoms with Crippen molar-refractivity contribution in [3.63, 3.8) is 0 Å². The van der Waals surface area contributed by atoms with E-state index in [1.807, 2.05) is 50.2 Å².